The second kappa shape index (κ2) is 13.3. The van der Waals surface area contributed by atoms with Crippen molar-refractivity contribution in [2.45, 2.75) is 26.8 Å². The summed E-state index contributed by atoms with van der Waals surface area (Å²) in [5.74, 6) is 0.0959. The highest BCUT2D eigenvalue weighted by molar-refractivity contribution is 6.30. The summed E-state index contributed by atoms with van der Waals surface area (Å²) in [5.41, 5.74) is 4.21. The maximum absolute atomic E-state index is 12.5. The Morgan fingerprint density at radius 2 is 1.84 bits per heavy atom. The van der Waals surface area contributed by atoms with Gasteiger partial charge in [-0.2, -0.15) is 5.10 Å². The average Bonchev–Trinajstić information content (AvgIpc) is 2.88. The first-order valence-corrected chi connectivity index (χ1v) is 12.2. The first kappa shape index (κ1) is 28.3. The highest BCUT2D eigenvalue weighted by Crippen LogP contribution is 2.34. The molecule has 11 nitrogen and oxygen atoms in total. The van der Waals surface area contributed by atoms with Crippen molar-refractivity contribution >= 4 is 35.7 Å². The molecule has 3 N–H and O–H groups in total. The molecule has 1 aliphatic heterocycles. The summed E-state index contributed by atoms with van der Waals surface area (Å²) >= 11 is 6.03. The Labute approximate surface area is 225 Å². The van der Waals surface area contributed by atoms with E-state index in [4.69, 9.17) is 30.5 Å². The van der Waals surface area contributed by atoms with Gasteiger partial charge in [0, 0.05) is 16.3 Å². The molecule has 0 spiro atoms. The van der Waals surface area contributed by atoms with E-state index in [1.165, 1.54) is 13.3 Å². The molecular formula is C26H29ClN4O7. The lowest BCUT2D eigenvalue weighted by Crippen LogP contribution is -2.45. The number of benzene rings is 2. The number of carbonyl (C=O) groups is 3. The highest BCUT2D eigenvalue weighted by Gasteiger charge is 2.32. The minimum absolute atomic E-state index is 0.186. The Morgan fingerprint density at radius 1 is 1.08 bits per heavy atom. The van der Waals surface area contributed by atoms with Gasteiger partial charge in [0.1, 0.15) is 5.75 Å². The van der Waals surface area contributed by atoms with E-state index in [2.05, 4.69) is 21.2 Å². The van der Waals surface area contributed by atoms with E-state index < -0.39 is 23.9 Å². The van der Waals surface area contributed by atoms with E-state index in [9.17, 15) is 14.4 Å². The van der Waals surface area contributed by atoms with Gasteiger partial charge in [-0.25, -0.2) is 15.0 Å². The largest absolute Gasteiger partial charge is 0.493 e. The maximum atomic E-state index is 12.5. The molecule has 1 heterocycles. The van der Waals surface area contributed by atoms with Gasteiger partial charge in [-0.05, 0) is 56.7 Å². The summed E-state index contributed by atoms with van der Waals surface area (Å²) in [5, 5.41) is 9.75. The average molecular weight is 545 g/mol. The molecule has 2 aromatic rings. The molecule has 38 heavy (non-hydrogen) atoms. The SMILES string of the molecule is CCOC(=O)C1=C(C)NC(=O)N[C@H]1c1ccc(OCC(=O)N/N=C/c2cc(Cl)ccc2OCC)c(OC)c1. The number of nitrogens with zero attached hydrogens (tertiary/aromatic N) is 1. The molecule has 3 amide bonds. The number of ether oxygens (including phenoxy) is 4. The fourth-order valence-corrected chi connectivity index (χ4v) is 3.84. The number of esters is 1. The van der Waals surface area contributed by atoms with Crippen LogP contribution in [0, 0.1) is 0 Å². The zero-order chi connectivity index (χ0) is 27.7. The molecule has 0 radical (unpaired) electrons. The Bertz CT molecular complexity index is 1260. The number of hydrazone groups is 1. The van der Waals surface area contributed by atoms with Crippen LogP contribution in [-0.2, 0) is 14.3 Å². The number of amides is 3. The number of rotatable bonds is 11. The lowest BCUT2D eigenvalue weighted by molar-refractivity contribution is -0.139. The number of urea groups is 1. The molecule has 1 atom stereocenters. The summed E-state index contributed by atoms with van der Waals surface area (Å²) in [4.78, 5) is 36.9. The Morgan fingerprint density at radius 3 is 2.55 bits per heavy atom. The zero-order valence-corrected chi connectivity index (χ0v) is 22.2. The van der Waals surface area contributed by atoms with E-state index in [1.807, 2.05) is 6.92 Å². The van der Waals surface area contributed by atoms with Crippen LogP contribution in [0.4, 0.5) is 4.79 Å². The van der Waals surface area contributed by atoms with Crippen molar-refractivity contribution in [2.24, 2.45) is 5.10 Å². The van der Waals surface area contributed by atoms with E-state index in [1.54, 1.807) is 50.2 Å². The van der Waals surface area contributed by atoms with Crippen molar-refractivity contribution in [2.75, 3.05) is 26.9 Å². The fraction of sp³-hybridized carbons (Fsp3) is 0.308. The summed E-state index contributed by atoms with van der Waals surface area (Å²) in [7, 11) is 1.44. The van der Waals surface area contributed by atoms with Gasteiger partial charge in [0.2, 0.25) is 0 Å². The van der Waals surface area contributed by atoms with Crippen LogP contribution in [0.3, 0.4) is 0 Å². The Balaban J connectivity index is 1.69. The van der Waals surface area contributed by atoms with Gasteiger partial charge in [0.05, 0.1) is 38.2 Å². The molecular weight excluding hydrogens is 516 g/mol. The Hall–Kier alpha value is -4.25. The predicted octanol–water partition coefficient (Wildman–Crippen LogP) is 3.47. The number of hydrogen-bond donors (Lipinski definition) is 3. The minimum atomic E-state index is -0.767. The van der Waals surface area contributed by atoms with Gasteiger partial charge in [0.25, 0.3) is 5.91 Å². The highest BCUT2D eigenvalue weighted by atomic mass is 35.5. The number of carbonyl (C=O) groups excluding carboxylic acids is 3. The van der Waals surface area contributed by atoms with Gasteiger partial charge < -0.3 is 29.6 Å². The van der Waals surface area contributed by atoms with Crippen LogP contribution < -0.4 is 30.3 Å². The summed E-state index contributed by atoms with van der Waals surface area (Å²) in [6.07, 6.45) is 1.42. The van der Waals surface area contributed by atoms with E-state index >= 15 is 0 Å². The van der Waals surface area contributed by atoms with Gasteiger partial charge >= 0.3 is 12.0 Å². The summed E-state index contributed by atoms with van der Waals surface area (Å²) in [6, 6.07) is 8.71. The second-order valence-corrected chi connectivity index (χ2v) is 8.33. The predicted molar refractivity (Wildman–Crippen MR) is 141 cm³/mol. The number of nitrogens with one attached hydrogen (secondary N) is 3. The molecule has 0 bridgehead atoms. The normalized spacial score (nSPS) is 15.0. The van der Waals surface area contributed by atoms with Crippen LogP contribution in [0.5, 0.6) is 17.2 Å². The van der Waals surface area contributed by atoms with E-state index in [0.717, 1.165) is 0 Å². The fourth-order valence-electron chi connectivity index (χ4n) is 3.66. The van der Waals surface area contributed by atoms with E-state index in [-0.39, 0.29) is 24.5 Å². The van der Waals surface area contributed by atoms with Crippen molar-refractivity contribution in [1.82, 2.24) is 16.1 Å². The molecule has 1 aliphatic rings. The molecule has 0 aliphatic carbocycles. The third-order valence-electron chi connectivity index (χ3n) is 5.31. The maximum Gasteiger partial charge on any atom is 0.338 e. The number of hydrogen-bond acceptors (Lipinski definition) is 8. The van der Waals surface area contributed by atoms with E-state index in [0.29, 0.717) is 40.0 Å². The van der Waals surface area contributed by atoms with Crippen LogP contribution in [0.1, 0.15) is 37.9 Å². The van der Waals surface area contributed by atoms with Gasteiger partial charge in [-0.1, -0.05) is 17.7 Å². The summed E-state index contributed by atoms with van der Waals surface area (Å²) < 4.78 is 21.7. The van der Waals surface area contributed by atoms with Crippen LogP contribution in [0.25, 0.3) is 0 Å². The molecule has 0 fully saturated rings. The molecule has 2 aromatic carbocycles. The summed E-state index contributed by atoms with van der Waals surface area (Å²) in [6.45, 7) is 5.48. The van der Waals surface area contributed by atoms with Crippen molar-refractivity contribution < 1.29 is 33.3 Å². The first-order valence-electron chi connectivity index (χ1n) is 11.8. The molecule has 0 saturated heterocycles. The number of allylic oxidation sites excluding steroid dienone is 1. The third kappa shape index (κ3) is 7.16. The minimum Gasteiger partial charge on any atom is -0.493 e. The van der Waals surface area contributed by atoms with Gasteiger partial charge in [0.15, 0.2) is 18.1 Å². The topological polar surface area (TPSA) is 137 Å². The molecule has 202 valence electrons. The molecule has 0 saturated carbocycles. The molecule has 3 rings (SSSR count). The van der Waals surface area contributed by atoms with Crippen LogP contribution in [0.2, 0.25) is 5.02 Å². The standard InChI is InChI=1S/C26H29ClN4O7/c1-5-36-19-10-8-18(27)11-17(19)13-28-31-22(32)14-38-20-9-7-16(12-21(20)35-4)24-23(25(33)37-6-2)15(3)29-26(34)30-24/h7-13,24H,5-6,14H2,1-4H3,(H,31,32)(H2,29,30,34)/b28-13+/t24-/m0/s1. The van der Waals surface area contributed by atoms with Crippen molar-refractivity contribution in [1.29, 1.82) is 0 Å². The molecule has 12 heteroatoms. The zero-order valence-electron chi connectivity index (χ0n) is 21.4. The number of methoxy groups -OCH3 is 1. The first-order chi connectivity index (χ1) is 18.3. The molecule has 0 aromatic heterocycles. The van der Waals surface area contributed by atoms with Crippen LogP contribution in [-0.4, -0.2) is 51.1 Å². The lowest BCUT2D eigenvalue weighted by Gasteiger charge is -2.28. The molecule has 0 unspecified atom stereocenters. The second-order valence-electron chi connectivity index (χ2n) is 7.90. The van der Waals surface area contributed by atoms with Gasteiger partial charge in [-0.15, -0.1) is 0 Å². The van der Waals surface area contributed by atoms with Gasteiger partial charge in [-0.3, -0.25) is 4.79 Å². The third-order valence-corrected chi connectivity index (χ3v) is 5.54. The van der Waals surface area contributed by atoms with Crippen molar-refractivity contribution in [3.8, 4) is 17.2 Å². The number of halogens is 1. The monoisotopic (exact) mass is 544 g/mol. The lowest BCUT2D eigenvalue weighted by atomic mass is 9.95. The van der Waals surface area contributed by atoms with Crippen molar-refractivity contribution in [3.63, 3.8) is 0 Å². The quantitative estimate of drug-likeness (QED) is 0.224. The Kier molecular flexibility index (Phi) is 9.94. The van der Waals surface area contributed by atoms with Crippen molar-refractivity contribution in [3.05, 3.63) is 63.8 Å². The van der Waals surface area contributed by atoms with Crippen LogP contribution >= 0.6 is 11.6 Å². The smallest absolute Gasteiger partial charge is 0.338 e. The van der Waals surface area contributed by atoms with Crippen LogP contribution in [0.15, 0.2) is 52.8 Å².